The highest BCUT2D eigenvalue weighted by molar-refractivity contribution is 6.06. The number of nitrogens with zero attached hydrogens (tertiary/aromatic N) is 2. The highest BCUT2D eigenvalue weighted by Gasteiger charge is 2.45. The minimum absolute atomic E-state index is 0.0427. The second kappa shape index (κ2) is 4.90. The van der Waals surface area contributed by atoms with Crippen LogP contribution in [0.25, 0.3) is 22.4 Å². The van der Waals surface area contributed by atoms with Crippen LogP contribution in [0.3, 0.4) is 0 Å². The van der Waals surface area contributed by atoms with Crippen molar-refractivity contribution < 1.29 is 4.79 Å². The predicted molar refractivity (Wildman–Crippen MR) is 98.7 cm³/mol. The molecule has 3 aromatic carbocycles. The second-order valence-corrected chi connectivity index (χ2v) is 6.60. The number of hydrogen-bond acceptors (Lipinski definition) is 2. The number of fused-ring (bicyclic) bond motifs is 5. The van der Waals surface area contributed by atoms with Gasteiger partial charge < -0.3 is 0 Å². The monoisotopic (exact) mass is 324 g/mol. The van der Waals surface area contributed by atoms with Crippen LogP contribution in [-0.4, -0.2) is 15.5 Å². The Morgan fingerprint density at radius 1 is 0.840 bits per heavy atom. The number of imidazole rings is 1. The van der Waals surface area contributed by atoms with Crippen molar-refractivity contribution in [2.75, 3.05) is 0 Å². The molecule has 5 rings (SSSR count). The molecule has 1 atom stereocenters. The Morgan fingerprint density at radius 3 is 2.36 bits per heavy atom. The fourth-order valence-electron chi connectivity index (χ4n) is 3.92. The molecule has 1 aliphatic heterocycles. The molecule has 0 radical (unpaired) electrons. The van der Waals surface area contributed by atoms with Gasteiger partial charge in [-0.1, -0.05) is 66.7 Å². The van der Waals surface area contributed by atoms with Crippen LogP contribution in [0.2, 0.25) is 0 Å². The summed E-state index contributed by atoms with van der Waals surface area (Å²) in [5, 5.41) is 0. The van der Waals surface area contributed by atoms with E-state index in [1.807, 2.05) is 79.7 Å². The molecule has 0 saturated heterocycles. The Bertz CT molecular complexity index is 1130. The summed E-state index contributed by atoms with van der Waals surface area (Å²) in [6, 6.07) is 25.9. The van der Waals surface area contributed by atoms with E-state index in [9.17, 15) is 4.79 Å². The molecule has 3 nitrogen and oxygen atoms in total. The van der Waals surface area contributed by atoms with Crippen LogP contribution in [0.5, 0.6) is 0 Å². The van der Waals surface area contributed by atoms with Gasteiger partial charge in [-0.05, 0) is 30.2 Å². The zero-order chi connectivity index (χ0) is 17.0. The van der Waals surface area contributed by atoms with Gasteiger partial charge in [0.25, 0.3) is 0 Å². The molecule has 0 spiro atoms. The number of hydrogen-bond donors (Lipinski definition) is 0. The minimum Gasteiger partial charge on any atom is -0.273 e. The van der Waals surface area contributed by atoms with Crippen molar-refractivity contribution in [3.05, 3.63) is 90.0 Å². The van der Waals surface area contributed by atoms with E-state index in [0.717, 1.165) is 33.5 Å². The lowest BCUT2D eigenvalue weighted by molar-refractivity contribution is 0.0839. The largest absolute Gasteiger partial charge is 0.273 e. The average molecular weight is 324 g/mol. The van der Waals surface area contributed by atoms with Crippen LogP contribution >= 0.6 is 0 Å². The molecule has 0 bridgehead atoms. The van der Waals surface area contributed by atoms with Crippen molar-refractivity contribution in [3.63, 3.8) is 0 Å². The minimum atomic E-state index is -0.742. The Labute approximate surface area is 145 Å². The van der Waals surface area contributed by atoms with E-state index in [4.69, 9.17) is 4.98 Å². The lowest BCUT2D eigenvalue weighted by Crippen LogP contribution is -2.41. The Kier molecular flexibility index (Phi) is 2.78. The molecule has 1 aliphatic rings. The van der Waals surface area contributed by atoms with E-state index in [0.29, 0.717) is 0 Å². The molecule has 0 fully saturated rings. The molecular formula is C22H16N2O. The number of benzene rings is 3. The van der Waals surface area contributed by atoms with Gasteiger partial charge in [0.1, 0.15) is 5.82 Å². The van der Waals surface area contributed by atoms with E-state index < -0.39 is 5.41 Å². The van der Waals surface area contributed by atoms with Crippen molar-refractivity contribution in [2.45, 2.75) is 12.3 Å². The van der Waals surface area contributed by atoms with Gasteiger partial charge in [-0.25, -0.2) is 4.98 Å². The molecule has 1 aromatic heterocycles. The number of rotatable bonds is 1. The first-order valence-electron chi connectivity index (χ1n) is 8.39. The summed E-state index contributed by atoms with van der Waals surface area (Å²) in [5.41, 5.74) is 3.99. The molecule has 0 amide bonds. The van der Waals surface area contributed by atoms with E-state index in [1.54, 1.807) is 4.57 Å². The van der Waals surface area contributed by atoms with Gasteiger partial charge in [0.15, 0.2) is 0 Å². The highest BCUT2D eigenvalue weighted by Crippen LogP contribution is 2.44. The van der Waals surface area contributed by atoms with Crippen LogP contribution in [0.4, 0.5) is 0 Å². The molecule has 3 heteroatoms. The highest BCUT2D eigenvalue weighted by atomic mass is 16.2. The van der Waals surface area contributed by atoms with Crippen molar-refractivity contribution in [3.8, 4) is 11.4 Å². The Morgan fingerprint density at radius 2 is 1.52 bits per heavy atom. The summed E-state index contributed by atoms with van der Waals surface area (Å²) in [6.45, 7) is 2.02. The van der Waals surface area contributed by atoms with Crippen LogP contribution in [0.1, 0.15) is 22.8 Å². The summed E-state index contributed by atoms with van der Waals surface area (Å²) < 4.78 is 1.78. The van der Waals surface area contributed by atoms with Gasteiger partial charge >= 0.3 is 0 Å². The SMILES string of the molecule is CC1(c2ccccc2)C(=O)n2c(nc3ccccc32)-c2ccccc21. The van der Waals surface area contributed by atoms with Crippen LogP contribution < -0.4 is 0 Å². The van der Waals surface area contributed by atoms with Crippen LogP contribution in [-0.2, 0) is 5.41 Å². The fraction of sp³-hybridized carbons (Fsp3) is 0.0909. The lowest BCUT2D eigenvalue weighted by Gasteiger charge is -2.35. The van der Waals surface area contributed by atoms with Gasteiger partial charge in [-0.15, -0.1) is 0 Å². The number of para-hydroxylation sites is 2. The lowest BCUT2D eigenvalue weighted by atomic mass is 9.71. The molecule has 120 valence electrons. The third kappa shape index (κ3) is 1.75. The van der Waals surface area contributed by atoms with E-state index in [1.165, 1.54) is 0 Å². The molecule has 2 heterocycles. The maximum atomic E-state index is 13.7. The van der Waals surface area contributed by atoms with E-state index >= 15 is 0 Å². The maximum Gasteiger partial charge on any atom is 0.247 e. The first kappa shape index (κ1) is 14.2. The summed E-state index contributed by atoms with van der Waals surface area (Å²) in [6.07, 6.45) is 0. The molecule has 1 unspecified atom stereocenters. The normalized spacial score (nSPS) is 18.8. The van der Waals surface area contributed by atoms with Crippen molar-refractivity contribution >= 4 is 16.9 Å². The Balaban J connectivity index is 1.92. The molecule has 25 heavy (non-hydrogen) atoms. The maximum absolute atomic E-state index is 13.7. The molecule has 4 aromatic rings. The van der Waals surface area contributed by atoms with Crippen molar-refractivity contribution in [2.24, 2.45) is 0 Å². The Hall–Kier alpha value is -3.20. The van der Waals surface area contributed by atoms with Gasteiger partial charge in [0, 0.05) is 5.56 Å². The predicted octanol–water partition coefficient (Wildman–Crippen LogP) is 4.66. The van der Waals surface area contributed by atoms with Gasteiger partial charge in [-0.3, -0.25) is 9.36 Å². The smallest absolute Gasteiger partial charge is 0.247 e. The summed E-state index contributed by atoms with van der Waals surface area (Å²) >= 11 is 0. The standard InChI is InChI=1S/C22H16N2O/c1-22(15-9-3-2-4-10-15)17-12-6-5-11-16(17)20-23-18-13-7-8-14-19(18)24(20)21(22)25/h2-14H,1H3. The number of carbonyl (C=O) groups is 1. The molecular weight excluding hydrogens is 308 g/mol. The molecule has 0 saturated carbocycles. The van der Waals surface area contributed by atoms with E-state index in [2.05, 4.69) is 6.07 Å². The first-order valence-corrected chi connectivity index (χ1v) is 8.39. The summed E-state index contributed by atoms with van der Waals surface area (Å²) in [7, 11) is 0. The van der Waals surface area contributed by atoms with Crippen LogP contribution in [0, 0.1) is 0 Å². The summed E-state index contributed by atoms with van der Waals surface area (Å²) in [4.78, 5) is 18.4. The zero-order valence-corrected chi connectivity index (χ0v) is 13.8. The first-order chi connectivity index (χ1) is 12.2. The zero-order valence-electron chi connectivity index (χ0n) is 13.8. The average Bonchev–Trinajstić information content (AvgIpc) is 3.06. The van der Waals surface area contributed by atoms with Crippen LogP contribution in [0.15, 0.2) is 78.9 Å². The molecule has 0 N–H and O–H groups in total. The number of aromatic nitrogens is 2. The van der Waals surface area contributed by atoms with Crippen molar-refractivity contribution in [1.82, 2.24) is 9.55 Å². The third-order valence-electron chi connectivity index (χ3n) is 5.25. The molecule has 0 aliphatic carbocycles. The quantitative estimate of drug-likeness (QED) is 0.510. The second-order valence-electron chi connectivity index (χ2n) is 6.60. The van der Waals surface area contributed by atoms with Crippen molar-refractivity contribution in [1.29, 1.82) is 0 Å². The summed E-state index contributed by atoms with van der Waals surface area (Å²) in [5.74, 6) is 0.774. The fourth-order valence-corrected chi connectivity index (χ4v) is 3.92. The third-order valence-corrected chi connectivity index (χ3v) is 5.25. The van der Waals surface area contributed by atoms with Gasteiger partial charge in [-0.2, -0.15) is 0 Å². The van der Waals surface area contributed by atoms with Gasteiger partial charge in [0.2, 0.25) is 5.91 Å². The van der Waals surface area contributed by atoms with E-state index in [-0.39, 0.29) is 5.91 Å². The number of carbonyl (C=O) groups excluding carboxylic acids is 1. The van der Waals surface area contributed by atoms with Gasteiger partial charge in [0.05, 0.1) is 16.4 Å². The topological polar surface area (TPSA) is 34.9 Å².